The average Bonchev–Trinajstić information content (AvgIpc) is 3.08. The first-order chi connectivity index (χ1) is 15.2. The number of piperazine rings is 1. The number of aromatic nitrogens is 2. The summed E-state index contributed by atoms with van der Waals surface area (Å²) in [5.41, 5.74) is 1.90. The number of amides is 2. The predicted octanol–water partition coefficient (Wildman–Crippen LogP) is -0.249. The van der Waals surface area contributed by atoms with Gasteiger partial charge in [-0.15, -0.1) is 0 Å². The van der Waals surface area contributed by atoms with Crippen molar-refractivity contribution in [1.82, 2.24) is 20.2 Å². The van der Waals surface area contributed by atoms with Crippen LogP contribution in [0.3, 0.4) is 0 Å². The Balaban J connectivity index is 1.44. The summed E-state index contributed by atoms with van der Waals surface area (Å²) in [5, 5.41) is 13.9. The minimum absolute atomic E-state index is 0.0857. The Morgan fingerprint density at radius 1 is 1.09 bits per heavy atom. The van der Waals surface area contributed by atoms with E-state index < -0.39 is 22.0 Å². The van der Waals surface area contributed by atoms with Crippen LogP contribution in [0.25, 0.3) is 0 Å². The molecule has 170 valence electrons. The van der Waals surface area contributed by atoms with Gasteiger partial charge in [0.2, 0.25) is 5.91 Å². The summed E-state index contributed by atoms with van der Waals surface area (Å²) in [6.07, 6.45) is 0.00800. The molecule has 2 aliphatic rings. The van der Waals surface area contributed by atoms with Crippen molar-refractivity contribution in [3.05, 3.63) is 52.4 Å². The highest BCUT2D eigenvalue weighted by Crippen LogP contribution is 2.30. The third kappa shape index (κ3) is 4.94. The Hall–Kier alpha value is -2.92. The molecular weight excluding hydrogens is 458 g/mol. The highest BCUT2D eigenvalue weighted by molar-refractivity contribution is 7.90. The molecule has 1 N–H and O–H groups in total. The first kappa shape index (κ1) is 22.3. The molecule has 10 nitrogen and oxygen atoms in total. The Morgan fingerprint density at radius 3 is 2.44 bits per heavy atom. The summed E-state index contributed by atoms with van der Waals surface area (Å²) in [4.78, 5) is 36.1. The lowest BCUT2D eigenvalue weighted by Gasteiger charge is -2.37. The zero-order chi connectivity index (χ0) is 22.9. The smallest absolute Gasteiger partial charge is 0.245 e. The van der Waals surface area contributed by atoms with Gasteiger partial charge in [-0.3, -0.25) is 4.79 Å². The predicted molar refractivity (Wildman–Crippen MR) is 115 cm³/mol. The number of benzene rings is 1. The number of hydrogen-bond donors (Lipinski definition) is 1. The summed E-state index contributed by atoms with van der Waals surface area (Å²) in [5.74, 6) is 0.0570. The van der Waals surface area contributed by atoms with Gasteiger partial charge in [0.05, 0.1) is 17.2 Å². The van der Waals surface area contributed by atoms with Crippen molar-refractivity contribution in [1.29, 1.82) is 0 Å². The zero-order valence-corrected chi connectivity index (χ0v) is 18.6. The Bertz CT molecular complexity index is 1130. The summed E-state index contributed by atoms with van der Waals surface area (Å²) in [6.45, 7) is 1.56. The second-order valence-corrected chi connectivity index (χ2v) is 10.3. The standard InChI is InChI=1S/C20H22ClN5O5S/c21-14-3-1-13(2-4-14)9-16(24-20(28)29)19(27)26-7-5-25(6-8-26)18-15-10-32(30,31)11-17(15)22-12-23-18/h1-4,12,16,24H,5-11H2,(H,28,29)/p-1. The Kier molecular flexibility index (Phi) is 6.20. The maximum Gasteiger partial charge on any atom is 0.245 e. The van der Waals surface area contributed by atoms with Crippen LogP contribution in [0.5, 0.6) is 0 Å². The van der Waals surface area contributed by atoms with Crippen molar-refractivity contribution in [2.24, 2.45) is 0 Å². The van der Waals surface area contributed by atoms with Crippen molar-refractivity contribution in [3.8, 4) is 0 Å². The number of carbonyl (C=O) groups is 2. The lowest BCUT2D eigenvalue weighted by atomic mass is 10.0. The fraction of sp³-hybridized carbons (Fsp3) is 0.400. The van der Waals surface area contributed by atoms with Gasteiger partial charge in [0, 0.05) is 43.2 Å². The van der Waals surface area contributed by atoms with Gasteiger partial charge in [-0.1, -0.05) is 23.7 Å². The normalized spacial score (nSPS) is 18.2. The first-order valence-electron chi connectivity index (χ1n) is 10.0. The quantitative estimate of drug-likeness (QED) is 0.621. The van der Waals surface area contributed by atoms with Gasteiger partial charge in [-0.25, -0.2) is 18.4 Å². The van der Waals surface area contributed by atoms with Crippen LogP contribution in [0.4, 0.5) is 10.6 Å². The molecule has 4 rings (SSSR count). The molecule has 1 saturated heterocycles. The van der Waals surface area contributed by atoms with E-state index in [1.54, 1.807) is 29.2 Å². The van der Waals surface area contributed by atoms with Gasteiger partial charge >= 0.3 is 0 Å². The van der Waals surface area contributed by atoms with Gasteiger partial charge in [0.25, 0.3) is 0 Å². The Labute approximate surface area is 190 Å². The van der Waals surface area contributed by atoms with E-state index in [0.717, 1.165) is 5.56 Å². The maximum absolute atomic E-state index is 13.0. The molecule has 0 aliphatic carbocycles. The highest BCUT2D eigenvalue weighted by Gasteiger charge is 2.33. The number of anilines is 1. The summed E-state index contributed by atoms with van der Waals surface area (Å²) in [6, 6.07) is 5.84. The van der Waals surface area contributed by atoms with Crippen molar-refractivity contribution in [3.63, 3.8) is 0 Å². The molecule has 1 unspecified atom stereocenters. The topological polar surface area (TPSA) is 136 Å². The Morgan fingerprint density at radius 2 is 1.78 bits per heavy atom. The highest BCUT2D eigenvalue weighted by atomic mass is 35.5. The molecule has 2 aliphatic heterocycles. The fourth-order valence-corrected chi connectivity index (χ4v) is 5.65. The molecule has 0 spiro atoms. The lowest BCUT2D eigenvalue weighted by molar-refractivity contribution is -0.251. The van der Waals surface area contributed by atoms with Crippen LogP contribution in [-0.4, -0.2) is 67.5 Å². The van der Waals surface area contributed by atoms with Crippen LogP contribution in [-0.2, 0) is 32.6 Å². The monoisotopic (exact) mass is 478 g/mol. The molecule has 1 aromatic heterocycles. The molecule has 2 aromatic rings. The molecule has 2 amide bonds. The molecule has 0 bridgehead atoms. The number of carboxylic acid groups (broad SMARTS) is 1. The third-order valence-corrected chi connectivity index (χ3v) is 7.26. The minimum Gasteiger partial charge on any atom is -0.530 e. The van der Waals surface area contributed by atoms with E-state index in [9.17, 15) is 23.1 Å². The summed E-state index contributed by atoms with van der Waals surface area (Å²) in [7, 11) is -3.22. The second-order valence-electron chi connectivity index (χ2n) is 7.78. The first-order valence-corrected chi connectivity index (χ1v) is 12.2. The number of carbonyl (C=O) groups excluding carboxylic acids is 2. The van der Waals surface area contributed by atoms with Crippen LogP contribution in [0, 0.1) is 0 Å². The number of fused-ring (bicyclic) bond motifs is 1. The van der Waals surface area contributed by atoms with E-state index in [1.165, 1.54) is 6.33 Å². The number of hydrogen-bond acceptors (Lipinski definition) is 8. The van der Waals surface area contributed by atoms with Crippen LogP contribution in [0.1, 0.15) is 16.8 Å². The zero-order valence-electron chi connectivity index (χ0n) is 17.0. The average molecular weight is 479 g/mol. The number of nitrogens with zero attached hydrogens (tertiary/aromatic N) is 4. The van der Waals surface area contributed by atoms with Gasteiger partial charge in [-0.2, -0.15) is 0 Å². The van der Waals surface area contributed by atoms with Crippen LogP contribution < -0.4 is 15.3 Å². The van der Waals surface area contributed by atoms with E-state index in [0.29, 0.717) is 48.3 Å². The largest absolute Gasteiger partial charge is 0.530 e. The molecule has 1 atom stereocenters. The molecule has 1 fully saturated rings. The third-order valence-electron chi connectivity index (χ3n) is 5.57. The van der Waals surface area contributed by atoms with Crippen LogP contribution in [0.2, 0.25) is 5.02 Å². The number of halogens is 1. The number of rotatable bonds is 5. The van der Waals surface area contributed by atoms with E-state index in [-0.39, 0.29) is 23.8 Å². The molecule has 3 heterocycles. The van der Waals surface area contributed by atoms with Gasteiger partial charge in [-0.05, 0) is 17.7 Å². The van der Waals surface area contributed by atoms with E-state index in [1.807, 2.05) is 4.90 Å². The van der Waals surface area contributed by atoms with E-state index >= 15 is 0 Å². The second kappa shape index (κ2) is 8.91. The molecular formula is C20H21ClN5O5S-. The number of nitrogens with one attached hydrogen (secondary N) is 1. The molecule has 0 radical (unpaired) electrons. The van der Waals surface area contributed by atoms with Crippen LogP contribution in [0.15, 0.2) is 30.6 Å². The maximum atomic E-state index is 13.0. The molecule has 12 heteroatoms. The van der Waals surface area contributed by atoms with E-state index in [2.05, 4.69) is 15.3 Å². The van der Waals surface area contributed by atoms with Gasteiger partial charge in [0.1, 0.15) is 24.3 Å². The van der Waals surface area contributed by atoms with Crippen molar-refractivity contribution < 1.29 is 23.1 Å². The van der Waals surface area contributed by atoms with Gasteiger partial charge < -0.3 is 25.0 Å². The SMILES string of the molecule is O=C([O-])NC(Cc1ccc(Cl)cc1)C(=O)N1CCN(c2ncnc3c2CS(=O)(=O)C3)CC1. The van der Waals surface area contributed by atoms with Crippen LogP contribution >= 0.6 is 11.6 Å². The van der Waals surface area contributed by atoms with Gasteiger partial charge in [0.15, 0.2) is 9.84 Å². The van der Waals surface area contributed by atoms with Crippen molar-refractivity contribution in [2.75, 3.05) is 31.1 Å². The van der Waals surface area contributed by atoms with Crippen molar-refractivity contribution in [2.45, 2.75) is 24.0 Å². The lowest BCUT2D eigenvalue weighted by Crippen LogP contribution is -2.57. The molecule has 1 aromatic carbocycles. The summed E-state index contributed by atoms with van der Waals surface area (Å²) >= 11 is 5.89. The minimum atomic E-state index is -3.22. The summed E-state index contributed by atoms with van der Waals surface area (Å²) < 4.78 is 24.0. The molecule has 32 heavy (non-hydrogen) atoms. The van der Waals surface area contributed by atoms with E-state index in [4.69, 9.17) is 11.6 Å². The fourth-order valence-electron chi connectivity index (χ4n) is 4.02. The molecule has 0 saturated carbocycles. The number of sulfone groups is 1. The van der Waals surface area contributed by atoms with Crippen molar-refractivity contribution >= 4 is 39.3 Å².